The van der Waals surface area contributed by atoms with Crippen LogP contribution in [-0.2, 0) is 24.2 Å². The second-order valence-corrected chi connectivity index (χ2v) is 6.38. The Kier molecular flexibility index (Phi) is 6.49. The highest BCUT2D eigenvalue weighted by Gasteiger charge is 2.38. The van der Waals surface area contributed by atoms with Gasteiger partial charge in [0.05, 0.1) is 0 Å². The fourth-order valence-corrected chi connectivity index (χ4v) is 3.19. The van der Waals surface area contributed by atoms with Gasteiger partial charge in [0.15, 0.2) is 0 Å². The number of fused-ring (bicyclic) bond motifs is 1. The van der Waals surface area contributed by atoms with E-state index in [-0.39, 0.29) is 0 Å². The number of hydrogen-bond acceptors (Lipinski definition) is 5. The Labute approximate surface area is 147 Å². The number of thiophene rings is 1. The highest BCUT2D eigenvalue weighted by atomic mass is 32.1. The topological polar surface area (TPSA) is 66.3 Å². The van der Waals surface area contributed by atoms with Gasteiger partial charge in [-0.1, -0.05) is 0 Å². The van der Waals surface area contributed by atoms with Gasteiger partial charge in [0.2, 0.25) is 0 Å². The summed E-state index contributed by atoms with van der Waals surface area (Å²) in [4.78, 5) is 20.2. The van der Waals surface area contributed by atoms with E-state index in [1.54, 1.807) is 17.7 Å². The number of aliphatic carboxylic acids is 1. The molecule has 0 saturated heterocycles. The molecule has 0 radical (unpaired) electrons. The van der Waals surface area contributed by atoms with Gasteiger partial charge in [-0.25, -0.2) is 14.8 Å². The van der Waals surface area contributed by atoms with Crippen LogP contribution < -0.4 is 0 Å². The molecule has 9 heteroatoms. The van der Waals surface area contributed by atoms with Crippen molar-refractivity contribution in [2.75, 3.05) is 13.1 Å². The van der Waals surface area contributed by atoms with Crippen LogP contribution in [0.15, 0.2) is 23.2 Å². The lowest BCUT2D eigenvalue weighted by atomic mass is 10.1. The predicted molar refractivity (Wildman–Crippen MR) is 87.5 cm³/mol. The molecule has 0 unspecified atom stereocenters. The lowest BCUT2D eigenvalue weighted by molar-refractivity contribution is -0.192. The van der Waals surface area contributed by atoms with Crippen LogP contribution in [-0.4, -0.2) is 45.2 Å². The number of hydrogen-bond donors (Lipinski definition) is 1. The maximum absolute atomic E-state index is 10.6. The van der Waals surface area contributed by atoms with Gasteiger partial charge in [-0.15, -0.1) is 0 Å². The molecule has 0 aromatic carbocycles. The maximum atomic E-state index is 10.6. The Morgan fingerprint density at radius 1 is 1.32 bits per heavy atom. The van der Waals surface area contributed by atoms with Crippen molar-refractivity contribution in [1.82, 2.24) is 14.9 Å². The van der Waals surface area contributed by atoms with Crippen LogP contribution in [0.5, 0.6) is 0 Å². The number of carbonyl (C=O) groups is 1. The van der Waals surface area contributed by atoms with Gasteiger partial charge in [-0.05, 0) is 41.3 Å². The Bertz CT molecular complexity index is 705. The first-order valence-electron chi connectivity index (χ1n) is 7.60. The Hall–Kier alpha value is -2.00. The van der Waals surface area contributed by atoms with Crippen molar-refractivity contribution in [2.24, 2.45) is 0 Å². The number of aromatic nitrogens is 2. The van der Waals surface area contributed by atoms with E-state index in [0.29, 0.717) is 0 Å². The molecule has 0 fully saturated rings. The van der Waals surface area contributed by atoms with Gasteiger partial charge in [-0.3, -0.25) is 4.90 Å². The molecule has 2 aromatic rings. The van der Waals surface area contributed by atoms with Crippen molar-refractivity contribution >= 4 is 17.3 Å². The highest BCUT2D eigenvalue weighted by Crippen LogP contribution is 2.18. The predicted octanol–water partition coefficient (Wildman–Crippen LogP) is 3.08. The van der Waals surface area contributed by atoms with Gasteiger partial charge >= 0.3 is 12.1 Å². The summed E-state index contributed by atoms with van der Waals surface area (Å²) in [6, 6.07) is 2.22. The number of halogens is 3. The van der Waals surface area contributed by atoms with Crippen molar-refractivity contribution in [3.05, 3.63) is 45.7 Å². The molecule has 0 spiro atoms. The standard InChI is InChI=1S/C14H17N3S.C2HF3O2/c1-11-13-2-5-17(8-12-4-7-18-9-12)6-3-14(13)16-10-15-11;3-2(4,5)1(6)7/h4,7,9-10H,2-3,5-6,8H2,1H3;(H,6,7). The highest BCUT2D eigenvalue weighted by molar-refractivity contribution is 7.07. The number of nitrogens with zero attached hydrogens (tertiary/aromatic N) is 3. The molecule has 0 aliphatic carbocycles. The first kappa shape index (κ1) is 19.3. The summed E-state index contributed by atoms with van der Waals surface area (Å²) in [5.74, 6) is -2.76. The van der Waals surface area contributed by atoms with E-state index in [2.05, 4.69) is 38.6 Å². The summed E-state index contributed by atoms with van der Waals surface area (Å²) in [5, 5.41) is 11.5. The molecule has 0 atom stereocenters. The van der Waals surface area contributed by atoms with E-state index in [1.165, 1.54) is 16.8 Å². The second-order valence-electron chi connectivity index (χ2n) is 5.59. The van der Waals surface area contributed by atoms with Crippen LogP contribution in [0.4, 0.5) is 13.2 Å². The van der Waals surface area contributed by atoms with Crippen LogP contribution in [0.1, 0.15) is 22.5 Å². The molecule has 25 heavy (non-hydrogen) atoms. The zero-order valence-electron chi connectivity index (χ0n) is 13.6. The summed E-state index contributed by atoms with van der Waals surface area (Å²) in [5.41, 5.74) is 5.19. The van der Waals surface area contributed by atoms with Gasteiger partial charge < -0.3 is 5.11 Å². The molecule has 136 valence electrons. The largest absolute Gasteiger partial charge is 0.490 e. The van der Waals surface area contributed by atoms with Crippen LogP contribution in [0.3, 0.4) is 0 Å². The molecule has 3 rings (SSSR count). The fraction of sp³-hybridized carbons (Fsp3) is 0.438. The first-order valence-corrected chi connectivity index (χ1v) is 8.54. The summed E-state index contributed by atoms with van der Waals surface area (Å²) in [6.45, 7) is 5.36. The zero-order valence-corrected chi connectivity index (χ0v) is 14.4. The summed E-state index contributed by atoms with van der Waals surface area (Å²) >= 11 is 1.77. The summed E-state index contributed by atoms with van der Waals surface area (Å²) < 4.78 is 31.7. The Balaban J connectivity index is 0.000000277. The van der Waals surface area contributed by atoms with Crippen LogP contribution >= 0.6 is 11.3 Å². The third kappa shape index (κ3) is 5.79. The molecular weight excluding hydrogens is 355 g/mol. The molecule has 1 aliphatic heterocycles. The normalized spacial score (nSPS) is 14.9. The third-order valence-electron chi connectivity index (χ3n) is 3.82. The van der Waals surface area contributed by atoms with Crippen LogP contribution in [0, 0.1) is 6.92 Å². The van der Waals surface area contributed by atoms with Crippen LogP contribution in [0.25, 0.3) is 0 Å². The number of carboxylic acids is 1. The number of aryl methyl sites for hydroxylation is 1. The van der Waals surface area contributed by atoms with E-state index >= 15 is 0 Å². The zero-order chi connectivity index (χ0) is 18.4. The smallest absolute Gasteiger partial charge is 0.475 e. The van der Waals surface area contributed by atoms with Crippen molar-refractivity contribution in [1.29, 1.82) is 0 Å². The molecular formula is C16H18F3N3O2S. The van der Waals surface area contributed by atoms with E-state index in [1.807, 2.05) is 0 Å². The minimum absolute atomic E-state index is 1.04. The van der Waals surface area contributed by atoms with Crippen molar-refractivity contribution in [2.45, 2.75) is 32.5 Å². The molecule has 1 N–H and O–H groups in total. The van der Waals surface area contributed by atoms with Gasteiger partial charge in [-0.2, -0.15) is 24.5 Å². The van der Waals surface area contributed by atoms with Gasteiger partial charge in [0.1, 0.15) is 6.33 Å². The second kappa shape index (κ2) is 8.39. The minimum atomic E-state index is -5.08. The Morgan fingerprint density at radius 2 is 2.00 bits per heavy atom. The molecule has 5 nitrogen and oxygen atoms in total. The number of rotatable bonds is 2. The van der Waals surface area contributed by atoms with Crippen molar-refractivity contribution in [3.8, 4) is 0 Å². The average Bonchev–Trinajstić information content (AvgIpc) is 2.95. The minimum Gasteiger partial charge on any atom is -0.475 e. The van der Waals surface area contributed by atoms with E-state index < -0.39 is 12.1 Å². The average molecular weight is 373 g/mol. The molecule has 2 aromatic heterocycles. The Morgan fingerprint density at radius 3 is 2.60 bits per heavy atom. The molecule has 3 heterocycles. The van der Waals surface area contributed by atoms with E-state index in [9.17, 15) is 13.2 Å². The monoisotopic (exact) mass is 373 g/mol. The first-order chi connectivity index (χ1) is 11.8. The van der Waals surface area contributed by atoms with E-state index in [4.69, 9.17) is 9.90 Å². The lowest BCUT2D eigenvalue weighted by Gasteiger charge is -2.18. The molecule has 1 aliphatic rings. The number of alkyl halides is 3. The number of carboxylic acid groups (broad SMARTS) is 1. The van der Waals surface area contributed by atoms with Crippen LogP contribution in [0.2, 0.25) is 0 Å². The summed E-state index contributed by atoms with van der Waals surface area (Å²) in [6.07, 6.45) is -1.27. The SMILES string of the molecule is Cc1ncnc2c1CCN(Cc1ccsc1)CC2.O=C(O)C(F)(F)F. The van der Waals surface area contributed by atoms with Crippen molar-refractivity contribution in [3.63, 3.8) is 0 Å². The summed E-state index contributed by atoms with van der Waals surface area (Å²) in [7, 11) is 0. The molecule has 0 bridgehead atoms. The third-order valence-corrected chi connectivity index (χ3v) is 4.55. The molecule has 0 amide bonds. The van der Waals surface area contributed by atoms with Gasteiger partial charge in [0.25, 0.3) is 0 Å². The van der Waals surface area contributed by atoms with Gasteiger partial charge in [0, 0.05) is 37.4 Å². The van der Waals surface area contributed by atoms with E-state index in [0.717, 1.165) is 38.2 Å². The quantitative estimate of drug-likeness (QED) is 0.876. The van der Waals surface area contributed by atoms with Crippen molar-refractivity contribution < 1.29 is 23.1 Å². The maximum Gasteiger partial charge on any atom is 0.490 e. The molecule has 0 saturated carbocycles. The lowest BCUT2D eigenvalue weighted by Crippen LogP contribution is -2.25. The fourth-order valence-electron chi connectivity index (χ4n) is 2.54.